The average molecular weight is 268 g/mol. The highest BCUT2D eigenvalue weighted by Gasteiger charge is 2.05. The number of hydrogen-bond acceptors (Lipinski definition) is 2. The molecular weight excluding hydrogens is 262 g/mol. The highest BCUT2D eigenvalue weighted by molar-refractivity contribution is 14.1. The van der Waals surface area contributed by atoms with Gasteiger partial charge in [-0.1, -0.05) is 6.07 Å². The minimum atomic E-state index is 0.194. The Morgan fingerprint density at radius 1 is 1.36 bits per heavy atom. The van der Waals surface area contributed by atoms with Crippen LogP contribution in [0.3, 0.4) is 0 Å². The van der Waals surface area contributed by atoms with Gasteiger partial charge in [0.1, 0.15) is 5.75 Å². The normalized spacial score (nSPS) is 9.36. The van der Waals surface area contributed by atoms with Crippen LogP contribution in [0.1, 0.15) is 5.56 Å². The molecule has 0 heterocycles. The molecule has 2 nitrogen and oxygen atoms in total. The van der Waals surface area contributed by atoms with Gasteiger partial charge in [-0.15, -0.1) is 0 Å². The van der Waals surface area contributed by atoms with Crippen molar-refractivity contribution >= 4 is 23.0 Å². The van der Waals surface area contributed by atoms with Crippen molar-refractivity contribution in [1.82, 2.24) is 0 Å². The van der Waals surface area contributed by atoms with Gasteiger partial charge in [-0.25, -0.2) is 0 Å². The molecule has 4 heteroatoms. The van der Waals surface area contributed by atoms with Gasteiger partial charge < -0.3 is 3.07 Å². The number of rotatable bonds is 2. The second-order valence-electron chi connectivity index (χ2n) is 2.03. The molecule has 0 amide bonds. The molecule has 1 aromatic carbocycles. The van der Waals surface area contributed by atoms with Crippen LogP contribution in [0.25, 0.3) is 0 Å². The van der Waals surface area contributed by atoms with E-state index in [0.717, 1.165) is 0 Å². The lowest BCUT2D eigenvalue weighted by Crippen LogP contribution is -1.84. The zero-order valence-corrected chi connectivity index (χ0v) is 7.96. The molecule has 0 aliphatic rings. The standard InChI is InChI=1S/C7H6FIO2/c1-5-6(10-8)3-2-4-7(5)11-9/h2-4H,1H3. The fraction of sp³-hybridized carbons (Fsp3) is 0.143. The van der Waals surface area contributed by atoms with Crippen LogP contribution in [-0.4, -0.2) is 0 Å². The largest absolute Gasteiger partial charge is 0.427 e. The van der Waals surface area contributed by atoms with E-state index in [2.05, 4.69) is 4.94 Å². The molecule has 0 aromatic heterocycles. The zero-order chi connectivity index (χ0) is 8.27. The molecule has 0 saturated heterocycles. The molecule has 0 aliphatic heterocycles. The molecule has 0 atom stereocenters. The average Bonchev–Trinajstić information content (AvgIpc) is 2.05. The molecule has 60 valence electrons. The number of benzene rings is 1. The van der Waals surface area contributed by atoms with Gasteiger partial charge in [0.15, 0.2) is 28.8 Å². The van der Waals surface area contributed by atoms with Gasteiger partial charge in [0.25, 0.3) is 0 Å². The predicted molar refractivity (Wildman–Crippen MR) is 47.6 cm³/mol. The summed E-state index contributed by atoms with van der Waals surface area (Å²) in [4.78, 5) is 3.60. The summed E-state index contributed by atoms with van der Waals surface area (Å²) in [5.74, 6) is 0.805. The van der Waals surface area contributed by atoms with E-state index in [1.807, 2.05) is 0 Å². The molecule has 0 unspecified atom stereocenters. The van der Waals surface area contributed by atoms with Crippen LogP contribution in [0.15, 0.2) is 18.2 Å². The first-order valence-corrected chi connectivity index (χ1v) is 3.84. The minimum absolute atomic E-state index is 0.194. The second-order valence-corrected chi connectivity index (χ2v) is 2.47. The van der Waals surface area contributed by atoms with E-state index in [4.69, 9.17) is 3.07 Å². The Labute approximate surface area is 77.9 Å². The molecule has 1 rings (SSSR count). The van der Waals surface area contributed by atoms with Gasteiger partial charge in [0.05, 0.1) is 0 Å². The maximum atomic E-state index is 11.7. The van der Waals surface area contributed by atoms with Gasteiger partial charge in [0, 0.05) is 10.1 Å². The van der Waals surface area contributed by atoms with Crippen LogP contribution >= 0.6 is 23.0 Å². The van der Waals surface area contributed by atoms with E-state index in [9.17, 15) is 4.53 Å². The summed E-state index contributed by atoms with van der Waals surface area (Å²) < 4.78 is 16.7. The Hall–Kier alpha value is -0.520. The molecule has 0 fully saturated rings. The SMILES string of the molecule is Cc1c(OF)cccc1OI. The first-order valence-electron chi connectivity index (χ1n) is 2.96. The van der Waals surface area contributed by atoms with Crippen LogP contribution in [0.5, 0.6) is 11.5 Å². The van der Waals surface area contributed by atoms with Crippen molar-refractivity contribution in [2.75, 3.05) is 0 Å². The minimum Gasteiger partial charge on any atom is -0.427 e. The first kappa shape index (κ1) is 8.58. The zero-order valence-electron chi connectivity index (χ0n) is 5.80. The summed E-state index contributed by atoms with van der Waals surface area (Å²) in [6.07, 6.45) is 0. The molecule has 0 spiro atoms. The molecule has 0 saturated carbocycles. The van der Waals surface area contributed by atoms with Crippen molar-refractivity contribution in [3.05, 3.63) is 23.8 Å². The third-order valence-corrected chi connectivity index (χ3v) is 1.88. The van der Waals surface area contributed by atoms with Crippen LogP contribution in [-0.2, 0) is 0 Å². The lowest BCUT2D eigenvalue weighted by molar-refractivity contribution is -0.00712. The van der Waals surface area contributed by atoms with Crippen molar-refractivity contribution in [3.63, 3.8) is 0 Å². The Morgan fingerprint density at radius 3 is 2.55 bits per heavy atom. The lowest BCUT2D eigenvalue weighted by atomic mass is 10.2. The van der Waals surface area contributed by atoms with Gasteiger partial charge in [-0.2, -0.15) is 0 Å². The smallest absolute Gasteiger partial charge is 0.192 e. The molecule has 0 radical (unpaired) electrons. The maximum Gasteiger partial charge on any atom is 0.192 e. The lowest BCUT2D eigenvalue weighted by Gasteiger charge is -2.03. The molecule has 0 bridgehead atoms. The van der Waals surface area contributed by atoms with Crippen molar-refractivity contribution < 1.29 is 12.5 Å². The third-order valence-electron chi connectivity index (χ3n) is 1.40. The molecule has 0 N–H and O–H groups in total. The quantitative estimate of drug-likeness (QED) is 0.767. The maximum absolute atomic E-state index is 11.7. The van der Waals surface area contributed by atoms with Gasteiger partial charge in [-0.05, 0) is 19.1 Å². The van der Waals surface area contributed by atoms with E-state index in [1.165, 1.54) is 6.07 Å². The fourth-order valence-corrected chi connectivity index (χ4v) is 1.24. The Kier molecular flexibility index (Phi) is 2.92. The summed E-state index contributed by atoms with van der Waals surface area (Å²) in [6, 6.07) is 4.94. The van der Waals surface area contributed by atoms with Crippen molar-refractivity contribution in [3.8, 4) is 11.5 Å². The van der Waals surface area contributed by atoms with E-state index in [-0.39, 0.29) is 5.75 Å². The van der Waals surface area contributed by atoms with Crippen LogP contribution < -0.4 is 8.01 Å². The fourth-order valence-electron chi connectivity index (χ4n) is 0.761. The summed E-state index contributed by atoms with van der Waals surface area (Å²) in [7, 11) is 0. The highest BCUT2D eigenvalue weighted by atomic mass is 127. The van der Waals surface area contributed by atoms with Gasteiger partial charge in [-0.3, -0.25) is 4.94 Å². The first-order chi connectivity index (χ1) is 5.29. The van der Waals surface area contributed by atoms with Crippen LogP contribution in [0.2, 0.25) is 0 Å². The monoisotopic (exact) mass is 268 g/mol. The Balaban J connectivity index is 3.10. The molecular formula is C7H6FIO2. The summed E-state index contributed by atoms with van der Waals surface area (Å²) in [6.45, 7) is 1.73. The molecule has 1 aromatic rings. The predicted octanol–water partition coefficient (Wildman–Crippen LogP) is 2.99. The van der Waals surface area contributed by atoms with Crippen molar-refractivity contribution in [2.24, 2.45) is 0 Å². The topological polar surface area (TPSA) is 18.5 Å². The summed E-state index contributed by atoms with van der Waals surface area (Å²) in [5, 5.41) is 0. The second kappa shape index (κ2) is 3.75. The van der Waals surface area contributed by atoms with Crippen molar-refractivity contribution in [1.29, 1.82) is 0 Å². The van der Waals surface area contributed by atoms with Gasteiger partial charge in [0.2, 0.25) is 0 Å². The van der Waals surface area contributed by atoms with E-state index in [1.54, 1.807) is 42.1 Å². The molecule has 0 aliphatic carbocycles. The Bertz CT molecular complexity index is 230. The number of halogens is 2. The molecule has 11 heavy (non-hydrogen) atoms. The third kappa shape index (κ3) is 1.74. The van der Waals surface area contributed by atoms with Crippen LogP contribution in [0, 0.1) is 6.92 Å². The van der Waals surface area contributed by atoms with Gasteiger partial charge >= 0.3 is 0 Å². The summed E-state index contributed by atoms with van der Waals surface area (Å²) >= 11 is 1.73. The van der Waals surface area contributed by atoms with Crippen LogP contribution in [0.4, 0.5) is 4.53 Å². The Morgan fingerprint density at radius 2 is 2.00 bits per heavy atom. The highest BCUT2D eigenvalue weighted by Crippen LogP contribution is 2.28. The van der Waals surface area contributed by atoms with E-state index in [0.29, 0.717) is 11.3 Å². The number of hydrogen-bond donors (Lipinski definition) is 0. The van der Waals surface area contributed by atoms with E-state index < -0.39 is 0 Å². The van der Waals surface area contributed by atoms with Crippen molar-refractivity contribution in [2.45, 2.75) is 6.92 Å². The summed E-state index contributed by atoms with van der Waals surface area (Å²) in [5.41, 5.74) is 0.657. The van der Waals surface area contributed by atoms with E-state index >= 15 is 0 Å².